The van der Waals surface area contributed by atoms with Crippen LogP contribution in [0.5, 0.6) is 0 Å². The molecule has 0 fully saturated rings. The molecule has 1 aliphatic heterocycles. The Morgan fingerprint density at radius 3 is 2.38 bits per heavy atom. The third-order valence-corrected chi connectivity index (χ3v) is 5.78. The number of ether oxygens (including phenoxy) is 1. The minimum atomic E-state index is 0. The van der Waals surface area contributed by atoms with Gasteiger partial charge in [-0.2, -0.15) is 0 Å². The molecular formula is C24H29ClN2O2. The van der Waals surface area contributed by atoms with Crippen molar-refractivity contribution in [3.8, 4) is 0 Å². The molecule has 4 nitrogen and oxygen atoms in total. The van der Waals surface area contributed by atoms with E-state index in [9.17, 15) is 4.79 Å². The fourth-order valence-electron chi connectivity index (χ4n) is 4.35. The fraction of sp³-hybridized carbons (Fsp3) is 0.375. The number of hydrogen-bond acceptors (Lipinski definition) is 4. The second-order valence-electron chi connectivity index (χ2n) is 7.73. The second kappa shape index (κ2) is 10.1. The zero-order valence-electron chi connectivity index (χ0n) is 16.9. The number of Topliss-reactive ketones (excluding diaryl/α,β-unsaturated/α-hetero) is 1. The van der Waals surface area contributed by atoms with E-state index in [1.54, 1.807) is 7.11 Å². The lowest BCUT2D eigenvalue weighted by Crippen LogP contribution is -2.47. The molecule has 0 N–H and O–H groups in total. The molecule has 0 aromatic heterocycles. The summed E-state index contributed by atoms with van der Waals surface area (Å²) in [6, 6.07) is 20.9. The minimum absolute atomic E-state index is 0. The van der Waals surface area contributed by atoms with Crippen molar-refractivity contribution in [1.82, 2.24) is 9.80 Å². The number of nitrogens with zero attached hydrogens (tertiary/aromatic N) is 2. The molecule has 5 heteroatoms. The minimum Gasteiger partial charge on any atom is -0.383 e. The van der Waals surface area contributed by atoms with Crippen molar-refractivity contribution in [3.63, 3.8) is 0 Å². The molecule has 1 unspecified atom stereocenters. The highest BCUT2D eigenvalue weighted by Gasteiger charge is 2.35. The molecule has 0 saturated heterocycles. The van der Waals surface area contributed by atoms with Crippen LogP contribution >= 0.6 is 12.4 Å². The van der Waals surface area contributed by atoms with E-state index < -0.39 is 0 Å². The molecule has 0 spiro atoms. The molecule has 0 bridgehead atoms. The van der Waals surface area contributed by atoms with Crippen LogP contribution in [0.1, 0.15) is 29.9 Å². The van der Waals surface area contributed by atoms with E-state index in [4.69, 9.17) is 4.74 Å². The first-order chi connectivity index (χ1) is 13.7. The first-order valence-corrected chi connectivity index (χ1v) is 10.0. The van der Waals surface area contributed by atoms with Crippen molar-refractivity contribution in [2.75, 3.05) is 33.5 Å². The number of halogens is 1. The van der Waals surface area contributed by atoms with Gasteiger partial charge in [-0.05, 0) is 23.5 Å². The van der Waals surface area contributed by atoms with Crippen LogP contribution in [0.4, 0.5) is 0 Å². The van der Waals surface area contributed by atoms with Crippen molar-refractivity contribution in [2.45, 2.75) is 25.3 Å². The summed E-state index contributed by atoms with van der Waals surface area (Å²) >= 11 is 0. The molecule has 1 heterocycles. The van der Waals surface area contributed by atoms with Gasteiger partial charge in [0.15, 0.2) is 5.78 Å². The quantitative estimate of drug-likeness (QED) is 0.710. The van der Waals surface area contributed by atoms with E-state index in [0.29, 0.717) is 18.8 Å². The molecule has 2 aromatic rings. The fourth-order valence-corrected chi connectivity index (χ4v) is 4.35. The van der Waals surface area contributed by atoms with Crippen LogP contribution in [0.2, 0.25) is 0 Å². The summed E-state index contributed by atoms with van der Waals surface area (Å²) in [5, 5.41) is 0. The normalized spacial score (nSPS) is 19.7. The number of hydrogen-bond donors (Lipinski definition) is 0. The Kier molecular flexibility index (Phi) is 7.48. The SMILES string of the molecule is COCCN1CN(Cc2ccccc2)CC2=C1CC(c1ccccc1)CC2=O.Cl. The highest BCUT2D eigenvalue weighted by Crippen LogP contribution is 2.38. The van der Waals surface area contributed by atoms with Crippen molar-refractivity contribution < 1.29 is 9.53 Å². The molecule has 2 aliphatic rings. The summed E-state index contributed by atoms with van der Waals surface area (Å²) in [5.74, 6) is 0.577. The van der Waals surface area contributed by atoms with Crippen LogP contribution in [0.3, 0.4) is 0 Å². The van der Waals surface area contributed by atoms with Gasteiger partial charge in [-0.1, -0.05) is 60.7 Å². The Morgan fingerprint density at radius 2 is 1.69 bits per heavy atom. The maximum atomic E-state index is 13.1. The van der Waals surface area contributed by atoms with E-state index in [1.165, 1.54) is 16.8 Å². The maximum Gasteiger partial charge on any atom is 0.162 e. The molecule has 29 heavy (non-hydrogen) atoms. The monoisotopic (exact) mass is 412 g/mol. The maximum absolute atomic E-state index is 13.1. The second-order valence-corrected chi connectivity index (χ2v) is 7.73. The van der Waals surface area contributed by atoms with Crippen molar-refractivity contribution in [1.29, 1.82) is 0 Å². The zero-order valence-corrected chi connectivity index (χ0v) is 17.7. The van der Waals surface area contributed by atoms with Gasteiger partial charge in [0, 0.05) is 44.4 Å². The largest absolute Gasteiger partial charge is 0.383 e. The highest BCUT2D eigenvalue weighted by atomic mass is 35.5. The van der Waals surface area contributed by atoms with Gasteiger partial charge in [0.1, 0.15) is 0 Å². The average molecular weight is 413 g/mol. The lowest BCUT2D eigenvalue weighted by Gasteiger charge is -2.43. The lowest BCUT2D eigenvalue weighted by atomic mass is 9.80. The number of carbonyl (C=O) groups excluding carboxylic acids is 1. The van der Waals surface area contributed by atoms with Gasteiger partial charge in [-0.3, -0.25) is 9.69 Å². The van der Waals surface area contributed by atoms with E-state index in [0.717, 1.165) is 38.3 Å². The first kappa shape index (κ1) is 21.6. The van der Waals surface area contributed by atoms with Crippen LogP contribution < -0.4 is 0 Å². The molecule has 1 atom stereocenters. The third-order valence-electron chi connectivity index (χ3n) is 5.78. The predicted octanol–water partition coefficient (Wildman–Crippen LogP) is 4.23. The van der Waals surface area contributed by atoms with Gasteiger partial charge in [0.2, 0.25) is 0 Å². The Bertz CT molecular complexity index is 838. The van der Waals surface area contributed by atoms with E-state index >= 15 is 0 Å². The predicted molar refractivity (Wildman–Crippen MR) is 118 cm³/mol. The summed E-state index contributed by atoms with van der Waals surface area (Å²) in [4.78, 5) is 17.8. The number of rotatable bonds is 6. The Labute approximate surface area is 179 Å². The summed E-state index contributed by atoms with van der Waals surface area (Å²) in [6.07, 6.45) is 1.55. The van der Waals surface area contributed by atoms with Crippen LogP contribution in [-0.2, 0) is 16.1 Å². The molecule has 2 aromatic carbocycles. The molecule has 1 aliphatic carbocycles. The Morgan fingerprint density at radius 1 is 1.00 bits per heavy atom. The summed E-state index contributed by atoms with van der Waals surface area (Å²) in [6.45, 7) is 3.92. The van der Waals surface area contributed by atoms with Gasteiger partial charge in [0.05, 0.1) is 13.3 Å². The van der Waals surface area contributed by atoms with Gasteiger partial charge >= 0.3 is 0 Å². The van der Waals surface area contributed by atoms with Crippen molar-refractivity contribution >= 4 is 18.2 Å². The van der Waals surface area contributed by atoms with Crippen LogP contribution in [0, 0.1) is 0 Å². The van der Waals surface area contributed by atoms with E-state index in [1.807, 2.05) is 12.1 Å². The molecular weight excluding hydrogens is 384 g/mol. The Hall–Kier alpha value is -2.14. The highest BCUT2D eigenvalue weighted by molar-refractivity contribution is 5.98. The van der Waals surface area contributed by atoms with Gasteiger partial charge in [-0.25, -0.2) is 0 Å². The van der Waals surface area contributed by atoms with E-state index in [-0.39, 0.29) is 18.3 Å². The number of ketones is 1. The van der Waals surface area contributed by atoms with Gasteiger partial charge < -0.3 is 9.64 Å². The summed E-state index contributed by atoms with van der Waals surface area (Å²) in [5.41, 5.74) is 4.78. The third kappa shape index (κ3) is 5.08. The lowest BCUT2D eigenvalue weighted by molar-refractivity contribution is -0.117. The van der Waals surface area contributed by atoms with Crippen LogP contribution in [-0.4, -0.2) is 49.1 Å². The standard InChI is InChI=1S/C24H28N2O2.ClH/c1-28-13-12-26-18-25(16-19-8-4-2-5-9-19)17-22-23(26)14-21(15-24(22)27)20-10-6-3-7-11-20;/h2-11,21H,12-18H2,1H3;1H. The first-order valence-electron chi connectivity index (χ1n) is 10.0. The number of carbonyl (C=O) groups is 1. The summed E-state index contributed by atoms with van der Waals surface area (Å²) < 4.78 is 5.35. The van der Waals surface area contributed by atoms with Crippen molar-refractivity contribution in [2.24, 2.45) is 0 Å². The molecule has 0 amide bonds. The van der Waals surface area contributed by atoms with Crippen LogP contribution in [0.15, 0.2) is 71.9 Å². The zero-order chi connectivity index (χ0) is 19.3. The number of allylic oxidation sites excluding steroid dienone is 1. The molecule has 0 saturated carbocycles. The van der Waals surface area contributed by atoms with E-state index in [2.05, 4.69) is 58.3 Å². The molecule has 0 radical (unpaired) electrons. The van der Waals surface area contributed by atoms with Crippen molar-refractivity contribution in [3.05, 3.63) is 83.1 Å². The van der Waals surface area contributed by atoms with Gasteiger partial charge in [0.25, 0.3) is 0 Å². The van der Waals surface area contributed by atoms with Crippen LogP contribution in [0.25, 0.3) is 0 Å². The topological polar surface area (TPSA) is 32.8 Å². The molecule has 4 rings (SSSR count). The van der Waals surface area contributed by atoms with Gasteiger partial charge in [-0.15, -0.1) is 12.4 Å². The number of methoxy groups -OCH3 is 1. The Balaban J connectivity index is 0.00000240. The summed E-state index contributed by atoms with van der Waals surface area (Å²) in [7, 11) is 1.74. The average Bonchev–Trinajstić information content (AvgIpc) is 2.74. The number of benzene rings is 2. The smallest absolute Gasteiger partial charge is 0.162 e. The molecule has 154 valence electrons.